The summed E-state index contributed by atoms with van der Waals surface area (Å²) >= 11 is 0. The van der Waals surface area contributed by atoms with Crippen molar-refractivity contribution in [3.8, 4) is 0 Å². The van der Waals surface area contributed by atoms with Crippen LogP contribution in [0.1, 0.15) is 15.9 Å². The second-order valence-electron chi connectivity index (χ2n) is 5.11. The quantitative estimate of drug-likeness (QED) is 0.618. The van der Waals surface area contributed by atoms with Crippen LogP contribution < -0.4 is 0 Å². The van der Waals surface area contributed by atoms with E-state index in [1.807, 2.05) is 6.92 Å². The van der Waals surface area contributed by atoms with Crippen LogP contribution in [0.4, 0.5) is 0 Å². The molecular weight excluding hydrogens is 326 g/mol. The van der Waals surface area contributed by atoms with Crippen molar-refractivity contribution in [3.05, 3.63) is 77.9 Å². The minimum Gasteiger partial charge on any atom is -0.289 e. The Morgan fingerprint density at radius 1 is 1.00 bits per heavy atom. The van der Waals surface area contributed by atoms with E-state index < -0.39 is 21.7 Å². The number of allylic oxidation sites excluding steroid dienone is 1. The SMILES string of the molecule is Cc1ccc(S(=O)(=O)N(C)C(=O)[C]=CC(=O)c2ccccc2)cc1. The number of carbonyl (C=O) groups excluding carboxylic acids is 2. The number of benzene rings is 2. The second kappa shape index (κ2) is 7.23. The summed E-state index contributed by atoms with van der Waals surface area (Å²) in [5.41, 5.74) is 1.30. The lowest BCUT2D eigenvalue weighted by molar-refractivity contribution is -0.121. The number of nitrogens with zero attached hydrogens (tertiary/aromatic N) is 1. The van der Waals surface area contributed by atoms with E-state index in [0.717, 1.165) is 18.7 Å². The van der Waals surface area contributed by atoms with Gasteiger partial charge in [0.2, 0.25) is 0 Å². The molecule has 6 heteroatoms. The third-order valence-corrected chi connectivity index (χ3v) is 5.11. The molecule has 5 nitrogen and oxygen atoms in total. The van der Waals surface area contributed by atoms with Gasteiger partial charge in [0, 0.05) is 12.6 Å². The summed E-state index contributed by atoms with van der Waals surface area (Å²) in [6.07, 6.45) is 3.14. The van der Waals surface area contributed by atoms with Gasteiger partial charge in [-0.05, 0) is 25.1 Å². The molecule has 0 saturated heterocycles. The molecule has 123 valence electrons. The molecule has 2 rings (SSSR count). The van der Waals surface area contributed by atoms with Gasteiger partial charge < -0.3 is 0 Å². The van der Waals surface area contributed by atoms with Gasteiger partial charge in [0.25, 0.3) is 15.9 Å². The summed E-state index contributed by atoms with van der Waals surface area (Å²) < 4.78 is 25.3. The lowest BCUT2D eigenvalue weighted by atomic mass is 10.1. The summed E-state index contributed by atoms with van der Waals surface area (Å²) in [5, 5.41) is 0. The molecule has 0 aromatic heterocycles. The van der Waals surface area contributed by atoms with Crippen molar-refractivity contribution in [2.45, 2.75) is 11.8 Å². The normalized spacial score (nSPS) is 11.4. The van der Waals surface area contributed by atoms with Crippen LogP contribution in [0.15, 0.2) is 65.6 Å². The van der Waals surface area contributed by atoms with Crippen molar-refractivity contribution in [1.82, 2.24) is 4.31 Å². The Balaban J connectivity index is 2.15. The summed E-state index contributed by atoms with van der Waals surface area (Å²) in [7, 11) is -2.85. The smallest absolute Gasteiger partial charge is 0.268 e. The molecule has 0 aliphatic rings. The Morgan fingerprint density at radius 2 is 1.58 bits per heavy atom. The largest absolute Gasteiger partial charge is 0.289 e. The number of sulfonamides is 1. The number of hydrogen-bond donors (Lipinski definition) is 0. The van der Waals surface area contributed by atoms with Gasteiger partial charge in [0.05, 0.1) is 11.0 Å². The molecule has 2 aromatic carbocycles. The zero-order chi connectivity index (χ0) is 17.7. The maximum absolute atomic E-state index is 12.4. The minimum atomic E-state index is -3.98. The van der Waals surface area contributed by atoms with Crippen LogP contribution in [-0.2, 0) is 14.8 Å². The van der Waals surface area contributed by atoms with Gasteiger partial charge in [-0.1, -0.05) is 48.0 Å². The maximum Gasteiger partial charge on any atom is 0.268 e. The van der Waals surface area contributed by atoms with Gasteiger partial charge in [-0.2, -0.15) is 0 Å². The van der Waals surface area contributed by atoms with E-state index in [4.69, 9.17) is 0 Å². The van der Waals surface area contributed by atoms with Crippen LogP contribution in [-0.4, -0.2) is 31.5 Å². The molecule has 1 amide bonds. The van der Waals surface area contributed by atoms with Crippen molar-refractivity contribution in [2.75, 3.05) is 7.05 Å². The Labute approximate surface area is 141 Å². The first-order valence-electron chi connectivity index (χ1n) is 7.11. The Bertz CT molecular complexity index is 869. The van der Waals surface area contributed by atoms with Crippen molar-refractivity contribution in [3.63, 3.8) is 0 Å². The van der Waals surface area contributed by atoms with Crippen molar-refractivity contribution >= 4 is 21.7 Å². The predicted octanol–water partition coefficient (Wildman–Crippen LogP) is 2.38. The number of ketones is 1. The van der Waals surface area contributed by atoms with Gasteiger partial charge in [0.1, 0.15) is 0 Å². The van der Waals surface area contributed by atoms with Gasteiger partial charge in [-0.3, -0.25) is 9.59 Å². The lowest BCUT2D eigenvalue weighted by Crippen LogP contribution is -2.32. The summed E-state index contributed by atoms with van der Waals surface area (Å²) in [4.78, 5) is 23.9. The Morgan fingerprint density at radius 3 is 2.17 bits per heavy atom. The van der Waals surface area contributed by atoms with Crippen LogP contribution in [0.3, 0.4) is 0 Å². The molecule has 0 saturated carbocycles. The lowest BCUT2D eigenvalue weighted by Gasteiger charge is -2.15. The molecule has 0 aliphatic heterocycles. The number of hydrogen-bond acceptors (Lipinski definition) is 4. The summed E-state index contributed by atoms with van der Waals surface area (Å²) in [5.74, 6) is -1.34. The summed E-state index contributed by atoms with van der Waals surface area (Å²) in [6, 6.07) is 14.5. The molecule has 0 heterocycles. The van der Waals surface area contributed by atoms with E-state index >= 15 is 0 Å². The van der Waals surface area contributed by atoms with E-state index in [1.54, 1.807) is 42.5 Å². The highest BCUT2D eigenvalue weighted by Gasteiger charge is 2.24. The molecule has 2 aromatic rings. The highest BCUT2D eigenvalue weighted by Crippen LogP contribution is 2.15. The molecule has 0 N–H and O–H groups in total. The predicted molar refractivity (Wildman–Crippen MR) is 89.7 cm³/mol. The third kappa shape index (κ3) is 3.97. The molecule has 0 atom stereocenters. The fourth-order valence-corrected chi connectivity index (χ4v) is 2.95. The number of aryl methyl sites for hydroxylation is 1. The summed E-state index contributed by atoms with van der Waals surface area (Å²) in [6.45, 7) is 1.83. The average molecular weight is 342 g/mol. The van der Waals surface area contributed by atoms with Gasteiger partial charge in [-0.15, -0.1) is 0 Å². The maximum atomic E-state index is 12.4. The highest BCUT2D eigenvalue weighted by atomic mass is 32.2. The van der Waals surface area contributed by atoms with E-state index in [0.29, 0.717) is 9.87 Å². The molecule has 1 radical (unpaired) electrons. The van der Waals surface area contributed by atoms with Crippen LogP contribution >= 0.6 is 0 Å². The van der Waals surface area contributed by atoms with Crippen molar-refractivity contribution in [2.24, 2.45) is 0 Å². The Hall–Kier alpha value is -2.73. The zero-order valence-electron chi connectivity index (χ0n) is 13.3. The fraction of sp³-hybridized carbons (Fsp3) is 0.111. The topological polar surface area (TPSA) is 71.5 Å². The van der Waals surface area contributed by atoms with Gasteiger partial charge >= 0.3 is 0 Å². The molecule has 0 aliphatic carbocycles. The zero-order valence-corrected chi connectivity index (χ0v) is 14.1. The van der Waals surface area contributed by atoms with E-state index in [2.05, 4.69) is 6.08 Å². The molecule has 0 spiro atoms. The fourth-order valence-electron chi connectivity index (χ4n) is 1.88. The van der Waals surface area contributed by atoms with Crippen LogP contribution in [0.2, 0.25) is 0 Å². The van der Waals surface area contributed by atoms with Gasteiger partial charge in [0.15, 0.2) is 5.78 Å². The van der Waals surface area contributed by atoms with E-state index in [-0.39, 0.29) is 4.90 Å². The standard InChI is InChI=1S/C18H16NO4S/c1-14-8-10-16(11-9-14)24(22,23)19(2)18(21)13-12-17(20)15-6-4-3-5-7-15/h3-12H,1-2H3. The highest BCUT2D eigenvalue weighted by molar-refractivity contribution is 7.89. The van der Waals surface area contributed by atoms with Crippen LogP contribution in [0.5, 0.6) is 0 Å². The van der Waals surface area contributed by atoms with E-state index in [9.17, 15) is 18.0 Å². The van der Waals surface area contributed by atoms with Crippen molar-refractivity contribution < 1.29 is 18.0 Å². The minimum absolute atomic E-state index is 0.000126. The first-order chi connectivity index (χ1) is 11.3. The van der Waals surface area contributed by atoms with Crippen molar-refractivity contribution in [1.29, 1.82) is 0 Å². The molecular formula is C18H16NO4S. The average Bonchev–Trinajstić information content (AvgIpc) is 2.59. The molecule has 0 fully saturated rings. The monoisotopic (exact) mass is 342 g/mol. The first-order valence-corrected chi connectivity index (χ1v) is 8.55. The number of amides is 1. The number of carbonyl (C=O) groups is 2. The van der Waals surface area contributed by atoms with Crippen LogP contribution in [0.25, 0.3) is 0 Å². The van der Waals surface area contributed by atoms with Gasteiger partial charge in [-0.25, -0.2) is 12.7 Å². The number of rotatable bonds is 5. The number of likely N-dealkylation sites (N-methyl/N-ethyl adjacent to an activating group) is 1. The molecule has 0 bridgehead atoms. The Kier molecular flexibility index (Phi) is 5.31. The molecule has 24 heavy (non-hydrogen) atoms. The first kappa shape index (κ1) is 17.6. The van der Waals surface area contributed by atoms with E-state index in [1.165, 1.54) is 12.1 Å². The molecule has 0 unspecified atom stereocenters. The second-order valence-corrected chi connectivity index (χ2v) is 7.08. The third-order valence-electron chi connectivity index (χ3n) is 3.35. The van der Waals surface area contributed by atoms with Crippen LogP contribution in [0, 0.1) is 13.0 Å².